The number of thiophene rings is 1. The molecule has 2 aromatic heterocycles. The molecule has 1 N–H and O–H groups in total. The molecule has 2 aliphatic rings. The number of carbonyl (C=O) groups is 1. The maximum absolute atomic E-state index is 12.6. The molecule has 1 saturated heterocycles. The zero-order chi connectivity index (χ0) is 18.1. The van der Waals surface area contributed by atoms with E-state index in [-0.39, 0.29) is 11.5 Å². The summed E-state index contributed by atoms with van der Waals surface area (Å²) in [5.74, 6) is -0.133. The number of carbonyl (C=O) groups excluding carboxylic acids is 1. The zero-order valence-electron chi connectivity index (χ0n) is 15.0. The van der Waals surface area contributed by atoms with Crippen molar-refractivity contribution < 1.29 is 9.53 Å². The second kappa shape index (κ2) is 7.46. The van der Waals surface area contributed by atoms with Crippen LogP contribution in [0.5, 0.6) is 0 Å². The highest BCUT2D eigenvalue weighted by Crippen LogP contribution is 2.34. The van der Waals surface area contributed by atoms with Crippen LogP contribution < -0.4 is 10.9 Å². The van der Waals surface area contributed by atoms with Gasteiger partial charge in [-0.2, -0.15) is 0 Å². The molecule has 4 rings (SSSR count). The largest absolute Gasteiger partial charge is 0.379 e. The lowest BCUT2D eigenvalue weighted by Crippen LogP contribution is -2.38. The Bertz CT molecular complexity index is 865. The number of morpholine rings is 1. The molecular weight excluding hydrogens is 352 g/mol. The molecule has 3 heterocycles. The second-order valence-corrected chi connectivity index (χ2v) is 8.19. The predicted octanol–water partition coefficient (Wildman–Crippen LogP) is 1.55. The first-order valence-electron chi connectivity index (χ1n) is 9.23. The van der Waals surface area contributed by atoms with Gasteiger partial charge in [0.2, 0.25) is 0 Å². The average molecular weight is 376 g/mol. The van der Waals surface area contributed by atoms with E-state index < -0.39 is 0 Å². The number of aryl methyl sites for hydroxylation is 1. The molecule has 1 amide bonds. The minimum Gasteiger partial charge on any atom is -0.379 e. The summed E-state index contributed by atoms with van der Waals surface area (Å²) in [5.41, 5.74) is 1.08. The average Bonchev–Trinajstić information content (AvgIpc) is 3.42. The Hall–Kier alpha value is -1.77. The number of ether oxygens (including phenoxy) is 1. The predicted molar refractivity (Wildman–Crippen MR) is 101 cm³/mol. The van der Waals surface area contributed by atoms with E-state index in [4.69, 9.17) is 4.74 Å². The molecule has 0 atom stereocenters. The van der Waals surface area contributed by atoms with Gasteiger partial charge in [0.15, 0.2) is 0 Å². The van der Waals surface area contributed by atoms with E-state index in [1.165, 1.54) is 11.3 Å². The van der Waals surface area contributed by atoms with Gasteiger partial charge < -0.3 is 10.1 Å². The number of amides is 1. The summed E-state index contributed by atoms with van der Waals surface area (Å²) in [4.78, 5) is 32.9. The number of aromatic nitrogens is 2. The Morgan fingerprint density at radius 2 is 2.15 bits per heavy atom. The second-order valence-electron chi connectivity index (χ2n) is 6.96. The molecule has 0 spiro atoms. The first-order valence-corrected chi connectivity index (χ1v) is 10.1. The first kappa shape index (κ1) is 17.6. The molecule has 140 valence electrons. The minimum atomic E-state index is -0.133. The van der Waals surface area contributed by atoms with Crippen molar-refractivity contribution in [2.24, 2.45) is 0 Å². The number of hydrogen-bond donors (Lipinski definition) is 1. The van der Waals surface area contributed by atoms with Crippen LogP contribution in [-0.4, -0.2) is 59.8 Å². The number of nitrogens with one attached hydrogen (secondary N) is 1. The molecule has 1 saturated carbocycles. The maximum Gasteiger partial charge on any atom is 0.271 e. The van der Waals surface area contributed by atoms with E-state index in [0.29, 0.717) is 28.4 Å². The minimum absolute atomic E-state index is 0.0167. The Labute approximate surface area is 156 Å². The Kier molecular flexibility index (Phi) is 5.06. The monoisotopic (exact) mass is 376 g/mol. The summed E-state index contributed by atoms with van der Waals surface area (Å²) in [6, 6.07) is 0.291. The van der Waals surface area contributed by atoms with Crippen LogP contribution in [0.25, 0.3) is 10.2 Å². The topological polar surface area (TPSA) is 76.5 Å². The van der Waals surface area contributed by atoms with Gasteiger partial charge >= 0.3 is 0 Å². The van der Waals surface area contributed by atoms with Gasteiger partial charge in [-0.1, -0.05) is 0 Å². The van der Waals surface area contributed by atoms with Gasteiger partial charge in [0.05, 0.1) is 25.1 Å². The van der Waals surface area contributed by atoms with E-state index in [0.717, 1.165) is 57.0 Å². The van der Waals surface area contributed by atoms with Crippen molar-refractivity contribution in [3.63, 3.8) is 0 Å². The van der Waals surface area contributed by atoms with Crippen LogP contribution in [0.15, 0.2) is 11.1 Å². The van der Waals surface area contributed by atoms with Crippen LogP contribution in [0.2, 0.25) is 0 Å². The summed E-state index contributed by atoms with van der Waals surface area (Å²) in [5, 5.41) is 2.99. The van der Waals surface area contributed by atoms with Crippen molar-refractivity contribution in [3.8, 4) is 0 Å². The van der Waals surface area contributed by atoms with Crippen molar-refractivity contribution >= 4 is 27.5 Å². The van der Waals surface area contributed by atoms with Crippen molar-refractivity contribution in [1.29, 1.82) is 0 Å². The van der Waals surface area contributed by atoms with Gasteiger partial charge in [0, 0.05) is 30.6 Å². The van der Waals surface area contributed by atoms with Gasteiger partial charge in [0.25, 0.3) is 11.5 Å². The molecule has 26 heavy (non-hydrogen) atoms. The van der Waals surface area contributed by atoms with Crippen molar-refractivity contribution in [2.45, 2.75) is 32.2 Å². The fourth-order valence-electron chi connectivity index (χ4n) is 3.39. The Balaban J connectivity index is 1.42. The lowest BCUT2D eigenvalue weighted by atomic mass is 10.2. The number of hydrogen-bond acceptors (Lipinski definition) is 6. The summed E-state index contributed by atoms with van der Waals surface area (Å²) in [6.45, 7) is 6.95. The molecule has 1 aliphatic carbocycles. The molecule has 0 unspecified atom stereocenters. The van der Waals surface area contributed by atoms with Crippen LogP contribution in [0.1, 0.15) is 40.5 Å². The molecular formula is C18H24N4O3S. The molecule has 2 fully saturated rings. The van der Waals surface area contributed by atoms with Gasteiger partial charge in [0.1, 0.15) is 10.2 Å². The van der Waals surface area contributed by atoms with Crippen LogP contribution in [0, 0.1) is 6.92 Å². The number of nitrogens with zero attached hydrogens (tertiary/aromatic N) is 3. The molecule has 8 heteroatoms. The van der Waals surface area contributed by atoms with Crippen molar-refractivity contribution in [3.05, 3.63) is 27.1 Å². The van der Waals surface area contributed by atoms with Crippen LogP contribution in [0.4, 0.5) is 0 Å². The number of fused-ring (bicyclic) bond motifs is 1. The van der Waals surface area contributed by atoms with Gasteiger partial charge in [-0.05, 0) is 32.7 Å². The van der Waals surface area contributed by atoms with Gasteiger partial charge in [-0.3, -0.25) is 19.1 Å². The third kappa shape index (κ3) is 3.54. The highest BCUT2D eigenvalue weighted by molar-refractivity contribution is 7.19. The zero-order valence-corrected chi connectivity index (χ0v) is 15.8. The van der Waals surface area contributed by atoms with E-state index in [9.17, 15) is 9.59 Å². The normalized spacial score (nSPS) is 18.3. The fourth-order valence-corrected chi connectivity index (χ4v) is 4.43. The van der Waals surface area contributed by atoms with E-state index in [2.05, 4.69) is 15.2 Å². The quantitative estimate of drug-likeness (QED) is 0.774. The summed E-state index contributed by atoms with van der Waals surface area (Å²) in [7, 11) is 0. The van der Waals surface area contributed by atoms with E-state index >= 15 is 0 Å². The molecule has 1 aliphatic heterocycles. The summed E-state index contributed by atoms with van der Waals surface area (Å²) < 4.78 is 7.64. The van der Waals surface area contributed by atoms with Gasteiger partial charge in [-0.15, -0.1) is 11.3 Å². The standard InChI is InChI=1S/C18H24N4O3S/c1-12-14(17(23)19-5-2-6-21-7-9-25-10-8-21)15-16(26-12)18(24)22(11-20-15)13-3-4-13/h11,13H,2-10H2,1H3,(H,19,23). The van der Waals surface area contributed by atoms with Crippen molar-refractivity contribution in [2.75, 3.05) is 39.4 Å². The lowest BCUT2D eigenvalue weighted by molar-refractivity contribution is 0.0374. The third-order valence-electron chi connectivity index (χ3n) is 5.01. The van der Waals surface area contributed by atoms with Gasteiger partial charge in [-0.25, -0.2) is 4.98 Å². The third-order valence-corrected chi connectivity index (χ3v) is 6.09. The van der Waals surface area contributed by atoms with Crippen LogP contribution in [-0.2, 0) is 4.74 Å². The Morgan fingerprint density at radius 3 is 2.88 bits per heavy atom. The lowest BCUT2D eigenvalue weighted by Gasteiger charge is -2.26. The highest BCUT2D eigenvalue weighted by atomic mass is 32.1. The van der Waals surface area contributed by atoms with Crippen LogP contribution in [0.3, 0.4) is 0 Å². The fraction of sp³-hybridized carbons (Fsp3) is 0.611. The Morgan fingerprint density at radius 1 is 1.38 bits per heavy atom. The highest BCUT2D eigenvalue weighted by Gasteiger charge is 2.27. The molecule has 2 aromatic rings. The summed E-state index contributed by atoms with van der Waals surface area (Å²) >= 11 is 1.38. The molecule has 0 aromatic carbocycles. The summed E-state index contributed by atoms with van der Waals surface area (Å²) in [6.07, 6.45) is 4.57. The number of rotatable bonds is 6. The SMILES string of the molecule is Cc1sc2c(=O)n(C3CC3)cnc2c1C(=O)NCCCN1CCOCC1. The molecule has 7 nitrogen and oxygen atoms in total. The van der Waals surface area contributed by atoms with Crippen molar-refractivity contribution in [1.82, 2.24) is 19.8 Å². The smallest absolute Gasteiger partial charge is 0.271 e. The first-order chi connectivity index (χ1) is 12.6. The molecule has 0 bridgehead atoms. The van der Waals surface area contributed by atoms with E-state index in [1.807, 2.05) is 6.92 Å². The van der Waals surface area contributed by atoms with E-state index in [1.54, 1.807) is 10.9 Å². The molecule has 0 radical (unpaired) electrons. The maximum atomic E-state index is 12.6. The van der Waals surface area contributed by atoms with Crippen LogP contribution >= 0.6 is 11.3 Å².